The van der Waals surface area contributed by atoms with E-state index in [9.17, 15) is 18.4 Å². The Morgan fingerprint density at radius 3 is 1.88 bits per heavy atom. The van der Waals surface area contributed by atoms with Gasteiger partial charge in [-0.3, -0.25) is 18.7 Å². The Labute approximate surface area is 298 Å². The molecule has 1 aliphatic rings. The lowest BCUT2D eigenvalue weighted by Crippen LogP contribution is -2.29. The van der Waals surface area contributed by atoms with Crippen LogP contribution in [-0.4, -0.2) is 60.9 Å². The first-order valence-corrected chi connectivity index (χ1v) is 16.2. The molecule has 272 valence electrons. The quantitative estimate of drug-likeness (QED) is 0.0918. The number of hydrogen-bond donors (Lipinski definition) is 1. The molecule has 0 amide bonds. The maximum Gasteiger partial charge on any atom is 0.294 e. The van der Waals surface area contributed by atoms with Crippen molar-refractivity contribution >= 4 is 40.1 Å². The van der Waals surface area contributed by atoms with Gasteiger partial charge in [-0.25, -0.2) is 28.6 Å². The summed E-state index contributed by atoms with van der Waals surface area (Å²) in [6.45, 7) is 1.43. The van der Waals surface area contributed by atoms with Crippen molar-refractivity contribution in [2.24, 2.45) is 14.1 Å². The smallest absolute Gasteiger partial charge is 0.294 e. The average Bonchev–Trinajstić information content (AvgIpc) is 3.13. The number of pyridine rings is 2. The fourth-order valence-corrected chi connectivity index (χ4v) is 5.43. The summed E-state index contributed by atoms with van der Waals surface area (Å²) in [5.74, 6) is 0.212. The summed E-state index contributed by atoms with van der Waals surface area (Å²) in [6.07, 6.45) is 4.95. The highest BCUT2D eigenvalue weighted by atomic mass is 32.2. The van der Waals surface area contributed by atoms with Gasteiger partial charge in [0.1, 0.15) is 46.5 Å². The number of ether oxygens (including phenoxy) is 3. The van der Waals surface area contributed by atoms with E-state index in [0.717, 1.165) is 24.9 Å². The maximum atomic E-state index is 13.3. The number of aryl methyl sites for hydroxylation is 2. The van der Waals surface area contributed by atoms with Crippen LogP contribution in [0.5, 0.6) is 23.0 Å². The molecule has 3 N–H and O–H groups in total. The van der Waals surface area contributed by atoms with E-state index in [4.69, 9.17) is 18.5 Å². The van der Waals surface area contributed by atoms with Crippen molar-refractivity contribution in [3.05, 3.63) is 105 Å². The Balaban J connectivity index is 0.000000199. The molecule has 1 aliphatic heterocycles. The van der Waals surface area contributed by atoms with Gasteiger partial charge in [-0.15, -0.1) is 0 Å². The van der Waals surface area contributed by atoms with E-state index in [2.05, 4.69) is 30.1 Å². The molecule has 4 aromatic heterocycles. The van der Waals surface area contributed by atoms with Gasteiger partial charge in [-0.2, -0.15) is 9.32 Å². The Hall–Kier alpha value is -5.53. The minimum absolute atomic E-state index is 0. The van der Waals surface area contributed by atoms with Gasteiger partial charge in [0.15, 0.2) is 11.5 Å². The molecule has 6 aromatic rings. The molecule has 1 saturated heterocycles. The molecule has 0 radical (unpaired) electrons. The molecule has 52 heavy (non-hydrogen) atoms. The number of aromatic nitrogens is 6. The lowest BCUT2D eigenvalue weighted by molar-refractivity contribution is -0.160. The van der Waals surface area contributed by atoms with Gasteiger partial charge in [-0.05, 0) is 49.2 Å². The van der Waals surface area contributed by atoms with Crippen molar-refractivity contribution in [2.45, 2.75) is 24.0 Å². The highest BCUT2D eigenvalue weighted by molar-refractivity contribution is 7.94. The van der Waals surface area contributed by atoms with Crippen molar-refractivity contribution in [3.8, 4) is 23.0 Å². The van der Waals surface area contributed by atoms with Gasteiger partial charge < -0.3 is 25.0 Å². The van der Waals surface area contributed by atoms with Gasteiger partial charge in [0.05, 0.1) is 7.11 Å². The summed E-state index contributed by atoms with van der Waals surface area (Å²) in [6, 6.07) is 14.5. The Morgan fingerprint density at radius 2 is 1.35 bits per heavy atom. The molecular formula is C34H33F2N7O8S. The van der Waals surface area contributed by atoms with Gasteiger partial charge in [0, 0.05) is 68.6 Å². The SMILES string of the molecule is COOSc1ncc2cc(Oc3cccc(F)c3)c(=O)n(C)c2n1.Cn1c(=O)c(Oc2cccc(F)c2)cc2cnc(NC3CCOCC3)nc21.O. The van der Waals surface area contributed by atoms with Crippen LogP contribution in [0.1, 0.15) is 12.8 Å². The van der Waals surface area contributed by atoms with Crippen molar-refractivity contribution in [1.82, 2.24) is 29.1 Å². The predicted octanol–water partition coefficient (Wildman–Crippen LogP) is 4.87. The van der Waals surface area contributed by atoms with E-state index in [1.165, 1.54) is 64.9 Å². The summed E-state index contributed by atoms with van der Waals surface area (Å²) in [5, 5.41) is 4.82. The Morgan fingerprint density at radius 1 is 0.808 bits per heavy atom. The highest BCUT2D eigenvalue weighted by Gasteiger charge is 2.17. The largest absolute Gasteiger partial charge is 0.451 e. The van der Waals surface area contributed by atoms with Crippen LogP contribution < -0.4 is 25.9 Å². The molecule has 7 rings (SSSR count). The zero-order valence-electron chi connectivity index (χ0n) is 28.0. The molecular weight excluding hydrogens is 704 g/mol. The van der Waals surface area contributed by atoms with Crippen LogP contribution in [-0.2, 0) is 28.1 Å². The van der Waals surface area contributed by atoms with E-state index in [-0.39, 0.29) is 45.2 Å². The van der Waals surface area contributed by atoms with Gasteiger partial charge in [0.2, 0.25) is 11.1 Å². The summed E-state index contributed by atoms with van der Waals surface area (Å²) in [5.41, 5.74) is 0.136. The summed E-state index contributed by atoms with van der Waals surface area (Å²) < 4.78 is 50.4. The number of nitrogens with one attached hydrogen (secondary N) is 1. The van der Waals surface area contributed by atoms with Crippen LogP contribution in [0.15, 0.2) is 87.8 Å². The third-order valence-corrected chi connectivity index (χ3v) is 8.14. The average molecular weight is 738 g/mol. The Kier molecular flexibility index (Phi) is 12.4. The zero-order valence-corrected chi connectivity index (χ0v) is 28.9. The summed E-state index contributed by atoms with van der Waals surface area (Å²) in [4.78, 5) is 46.6. The number of halogens is 2. The first-order valence-electron chi connectivity index (χ1n) is 15.5. The van der Waals surface area contributed by atoms with Crippen LogP contribution in [0.3, 0.4) is 0 Å². The molecule has 0 bridgehead atoms. The van der Waals surface area contributed by atoms with Crippen LogP contribution in [0.4, 0.5) is 14.7 Å². The molecule has 2 aromatic carbocycles. The van der Waals surface area contributed by atoms with Crippen molar-refractivity contribution in [3.63, 3.8) is 0 Å². The molecule has 15 nitrogen and oxygen atoms in total. The molecule has 5 heterocycles. The van der Waals surface area contributed by atoms with Crippen molar-refractivity contribution in [1.29, 1.82) is 0 Å². The third kappa shape index (κ3) is 9.03. The topological polar surface area (TPSA) is 185 Å². The summed E-state index contributed by atoms with van der Waals surface area (Å²) in [7, 11) is 4.54. The van der Waals surface area contributed by atoms with E-state index in [1.54, 1.807) is 38.5 Å². The lowest BCUT2D eigenvalue weighted by Gasteiger charge is -2.23. The molecule has 0 unspecified atom stereocenters. The molecule has 1 fully saturated rings. The normalized spacial score (nSPS) is 12.9. The van der Waals surface area contributed by atoms with Crippen LogP contribution in [0.2, 0.25) is 0 Å². The minimum Gasteiger partial charge on any atom is -0.451 e. The highest BCUT2D eigenvalue weighted by Crippen LogP contribution is 2.25. The van der Waals surface area contributed by atoms with Crippen LogP contribution >= 0.6 is 12.0 Å². The standard InChI is InChI=1S/C19H19FN4O3.C15H12FN3O4S.H2O/c1-24-17-12(11-21-19(23-17)22-14-5-7-26-8-6-14)9-16(18(24)25)27-15-4-2-3-13(20)10-15;1-19-13-9(8-17-15(18-13)24-23-21-2)6-12(14(19)20)22-11-5-3-4-10(16)7-11;/h2-4,9-11,14H,5-8H2,1H3,(H,21,22,23);3-8H,1-2H3;1H2. The number of benzene rings is 2. The van der Waals surface area contributed by atoms with E-state index >= 15 is 0 Å². The number of rotatable bonds is 9. The summed E-state index contributed by atoms with van der Waals surface area (Å²) >= 11 is 0.826. The van der Waals surface area contributed by atoms with Gasteiger partial charge in [-0.1, -0.05) is 12.1 Å². The number of nitrogens with zero attached hydrogens (tertiary/aromatic N) is 6. The lowest BCUT2D eigenvalue weighted by atomic mass is 10.1. The van der Waals surface area contributed by atoms with Crippen molar-refractivity contribution < 1.29 is 37.7 Å². The second-order valence-electron chi connectivity index (χ2n) is 11.1. The zero-order chi connectivity index (χ0) is 35.9. The molecule has 18 heteroatoms. The molecule has 0 saturated carbocycles. The number of hydrogen-bond acceptors (Lipinski definition) is 13. The molecule has 0 atom stereocenters. The first-order chi connectivity index (χ1) is 24.7. The van der Waals surface area contributed by atoms with Gasteiger partial charge in [0.25, 0.3) is 11.1 Å². The number of anilines is 1. The molecule has 0 spiro atoms. The second kappa shape index (κ2) is 17.1. The van der Waals surface area contributed by atoms with E-state index < -0.39 is 17.2 Å². The second-order valence-corrected chi connectivity index (χ2v) is 11.8. The van der Waals surface area contributed by atoms with Crippen LogP contribution in [0, 0.1) is 11.6 Å². The monoisotopic (exact) mass is 737 g/mol. The van der Waals surface area contributed by atoms with Gasteiger partial charge >= 0.3 is 0 Å². The minimum atomic E-state index is -0.451. The van der Waals surface area contributed by atoms with E-state index in [1.807, 2.05) is 0 Å². The maximum absolute atomic E-state index is 13.3. The van der Waals surface area contributed by atoms with E-state index in [0.29, 0.717) is 41.2 Å². The Bertz CT molecular complexity index is 2300. The van der Waals surface area contributed by atoms with Crippen molar-refractivity contribution in [2.75, 3.05) is 25.6 Å². The third-order valence-electron chi connectivity index (χ3n) is 7.59. The van der Waals surface area contributed by atoms with Crippen LogP contribution in [0.25, 0.3) is 22.1 Å². The first kappa shape index (κ1) is 37.7. The number of fused-ring (bicyclic) bond motifs is 2. The molecule has 0 aliphatic carbocycles. The fraction of sp³-hybridized carbons (Fsp3) is 0.235. The predicted molar refractivity (Wildman–Crippen MR) is 188 cm³/mol. The fourth-order valence-electron chi connectivity index (χ4n) is 5.08.